The molecule has 86 valence electrons. The highest BCUT2D eigenvalue weighted by molar-refractivity contribution is 5.86. The van der Waals surface area contributed by atoms with Crippen molar-refractivity contribution in [3.63, 3.8) is 0 Å². The monoisotopic (exact) mass is 229 g/mol. The van der Waals surface area contributed by atoms with Crippen LogP contribution in [0.5, 0.6) is 0 Å². The van der Waals surface area contributed by atoms with Gasteiger partial charge in [0.15, 0.2) is 5.94 Å². The minimum absolute atomic E-state index is 0.216. The molecule has 0 amide bonds. The van der Waals surface area contributed by atoms with Crippen LogP contribution in [0.4, 0.5) is 13.2 Å². The lowest BCUT2D eigenvalue weighted by atomic mass is 10.1. The maximum Gasteiger partial charge on any atom is 0.416 e. The molecule has 0 heterocycles. The van der Waals surface area contributed by atoms with Crippen LogP contribution in [0.2, 0.25) is 0 Å². The molecule has 0 aliphatic rings. The number of halogens is 3. The molecule has 0 saturated heterocycles. The van der Waals surface area contributed by atoms with Crippen LogP contribution in [-0.4, -0.2) is 24.9 Å². The third kappa shape index (κ3) is 2.64. The molecule has 1 rings (SSSR count). The Labute approximate surface area is 91.0 Å². The van der Waals surface area contributed by atoms with Gasteiger partial charge in [0, 0.05) is 19.7 Å². The Morgan fingerprint density at radius 2 is 1.69 bits per heavy atom. The largest absolute Gasteiger partial charge is 0.416 e. The highest BCUT2D eigenvalue weighted by Gasteiger charge is 2.30. The Morgan fingerprint density at radius 3 is 2.00 bits per heavy atom. The van der Waals surface area contributed by atoms with Crippen molar-refractivity contribution in [2.75, 3.05) is 14.1 Å². The molecule has 2 nitrogen and oxygen atoms in total. The van der Waals surface area contributed by atoms with E-state index < -0.39 is 11.7 Å². The second-order valence-corrected chi connectivity index (χ2v) is 3.42. The zero-order valence-electron chi connectivity index (χ0n) is 8.80. The zero-order chi connectivity index (χ0) is 12.3. The van der Waals surface area contributed by atoms with Crippen molar-refractivity contribution in [2.45, 2.75) is 6.18 Å². The SMILES string of the molecule is CN(C)C(=C=O)c1ccc(C(F)(F)F)cc1. The van der Waals surface area contributed by atoms with E-state index in [2.05, 4.69) is 0 Å². The molecule has 16 heavy (non-hydrogen) atoms. The van der Waals surface area contributed by atoms with E-state index in [9.17, 15) is 18.0 Å². The third-order valence-electron chi connectivity index (χ3n) is 2.03. The molecule has 0 spiro atoms. The maximum absolute atomic E-state index is 12.3. The number of carbonyl (C=O) groups excluding carboxylic acids is 1. The van der Waals surface area contributed by atoms with Gasteiger partial charge in [0.1, 0.15) is 5.70 Å². The molecular weight excluding hydrogens is 219 g/mol. The molecule has 0 saturated carbocycles. The average molecular weight is 229 g/mol. The Hall–Kier alpha value is -1.74. The zero-order valence-corrected chi connectivity index (χ0v) is 8.80. The van der Waals surface area contributed by atoms with Gasteiger partial charge in [0.25, 0.3) is 0 Å². The first kappa shape index (κ1) is 12.3. The second-order valence-electron chi connectivity index (χ2n) is 3.42. The quantitative estimate of drug-likeness (QED) is 0.726. The van der Waals surface area contributed by atoms with Gasteiger partial charge in [-0.3, -0.25) is 0 Å². The molecule has 0 aromatic heterocycles. The number of nitrogens with zero attached hydrogens (tertiary/aromatic N) is 1. The van der Waals surface area contributed by atoms with Gasteiger partial charge in [-0.05, 0) is 12.1 Å². The van der Waals surface area contributed by atoms with E-state index in [1.807, 2.05) is 0 Å². The van der Waals surface area contributed by atoms with Crippen molar-refractivity contribution < 1.29 is 18.0 Å². The van der Waals surface area contributed by atoms with Crippen LogP contribution in [0.3, 0.4) is 0 Å². The predicted molar refractivity (Wildman–Crippen MR) is 54.2 cm³/mol. The first-order valence-corrected chi connectivity index (χ1v) is 4.46. The lowest BCUT2D eigenvalue weighted by Gasteiger charge is -2.14. The molecule has 0 radical (unpaired) electrons. The Bertz CT molecular complexity index is 414. The summed E-state index contributed by atoms with van der Waals surface area (Å²) in [5.41, 5.74) is -0.109. The van der Waals surface area contributed by atoms with Crippen LogP contribution >= 0.6 is 0 Å². The van der Waals surface area contributed by atoms with E-state index in [4.69, 9.17) is 0 Å². The molecule has 0 N–H and O–H groups in total. The van der Waals surface area contributed by atoms with Crippen molar-refractivity contribution in [1.82, 2.24) is 4.90 Å². The van der Waals surface area contributed by atoms with E-state index >= 15 is 0 Å². The van der Waals surface area contributed by atoms with Crippen molar-refractivity contribution in [3.8, 4) is 0 Å². The summed E-state index contributed by atoms with van der Waals surface area (Å²) in [6.45, 7) is 0. The second kappa shape index (κ2) is 4.41. The van der Waals surface area contributed by atoms with Crippen LogP contribution in [0.1, 0.15) is 11.1 Å². The normalized spacial score (nSPS) is 10.8. The fourth-order valence-electron chi connectivity index (χ4n) is 1.23. The number of benzene rings is 1. The van der Waals surface area contributed by atoms with E-state index in [0.29, 0.717) is 5.56 Å². The molecule has 0 bridgehead atoms. The van der Waals surface area contributed by atoms with Gasteiger partial charge in [0.05, 0.1) is 5.56 Å². The summed E-state index contributed by atoms with van der Waals surface area (Å²) in [5, 5.41) is 0. The molecule has 1 aromatic rings. The van der Waals surface area contributed by atoms with Crippen LogP contribution in [0, 0.1) is 0 Å². The highest BCUT2D eigenvalue weighted by Crippen LogP contribution is 2.29. The van der Waals surface area contributed by atoms with Crippen molar-refractivity contribution in [2.24, 2.45) is 0 Å². The first-order chi connectivity index (χ1) is 7.36. The van der Waals surface area contributed by atoms with E-state index in [0.717, 1.165) is 12.1 Å². The summed E-state index contributed by atoms with van der Waals surface area (Å²) in [6, 6.07) is 4.39. The summed E-state index contributed by atoms with van der Waals surface area (Å²) in [6.07, 6.45) is -4.36. The minimum Gasteiger partial charge on any atom is -0.368 e. The molecular formula is C11H10F3NO. The lowest BCUT2D eigenvalue weighted by molar-refractivity contribution is -0.137. The van der Waals surface area contributed by atoms with Gasteiger partial charge in [-0.1, -0.05) is 12.1 Å². The Kier molecular flexibility index (Phi) is 3.40. The molecule has 5 heteroatoms. The van der Waals surface area contributed by atoms with Gasteiger partial charge in [0.2, 0.25) is 0 Å². The summed E-state index contributed by atoms with van der Waals surface area (Å²) in [4.78, 5) is 12.1. The molecule has 1 aromatic carbocycles. The number of hydrogen-bond donors (Lipinski definition) is 0. The van der Waals surface area contributed by atoms with Gasteiger partial charge in [-0.2, -0.15) is 13.2 Å². The number of rotatable bonds is 2. The Balaban J connectivity index is 3.09. The van der Waals surface area contributed by atoms with Crippen LogP contribution in [0.15, 0.2) is 24.3 Å². The van der Waals surface area contributed by atoms with Gasteiger partial charge in [-0.25, -0.2) is 4.79 Å². The lowest BCUT2D eigenvalue weighted by Crippen LogP contribution is -2.11. The van der Waals surface area contributed by atoms with E-state index in [1.165, 1.54) is 17.0 Å². The topological polar surface area (TPSA) is 20.3 Å². The molecule has 0 atom stereocenters. The molecule has 0 unspecified atom stereocenters. The van der Waals surface area contributed by atoms with Crippen molar-refractivity contribution >= 4 is 11.6 Å². The predicted octanol–water partition coefficient (Wildman–Crippen LogP) is 2.44. The first-order valence-electron chi connectivity index (χ1n) is 4.46. The van der Waals surface area contributed by atoms with Crippen LogP contribution in [0.25, 0.3) is 5.70 Å². The standard InChI is InChI=1S/C11H10F3NO/c1-15(2)10(7-16)8-3-5-9(6-4-8)11(12,13)14/h3-6H,1-2H3. The van der Waals surface area contributed by atoms with E-state index in [1.54, 1.807) is 20.0 Å². The average Bonchev–Trinajstić information content (AvgIpc) is 2.17. The van der Waals surface area contributed by atoms with Crippen LogP contribution in [-0.2, 0) is 11.0 Å². The fraction of sp³-hybridized carbons (Fsp3) is 0.273. The Morgan fingerprint density at radius 1 is 1.19 bits per heavy atom. The summed E-state index contributed by atoms with van der Waals surface area (Å²) in [5.74, 6) is 1.69. The molecule has 0 fully saturated rings. The summed E-state index contributed by atoms with van der Waals surface area (Å²) in [7, 11) is 3.25. The van der Waals surface area contributed by atoms with Gasteiger partial charge < -0.3 is 4.90 Å². The fourth-order valence-corrected chi connectivity index (χ4v) is 1.23. The molecule has 0 aliphatic heterocycles. The van der Waals surface area contributed by atoms with Crippen molar-refractivity contribution in [1.29, 1.82) is 0 Å². The van der Waals surface area contributed by atoms with Gasteiger partial charge >= 0.3 is 6.18 Å². The number of hydrogen-bond acceptors (Lipinski definition) is 2. The van der Waals surface area contributed by atoms with Crippen LogP contribution < -0.4 is 0 Å². The molecule has 0 aliphatic carbocycles. The summed E-state index contributed by atoms with van der Waals surface area (Å²) < 4.78 is 36.8. The third-order valence-corrected chi connectivity index (χ3v) is 2.03. The summed E-state index contributed by atoms with van der Waals surface area (Å²) >= 11 is 0. The van der Waals surface area contributed by atoms with E-state index in [-0.39, 0.29) is 5.70 Å². The smallest absolute Gasteiger partial charge is 0.368 e. The highest BCUT2D eigenvalue weighted by atomic mass is 19.4. The maximum atomic E-state index is 12.3. The minimum atomic E-state index is -4.36. The van der Waals surface area contributed by atoms with Gasteiger partial charge in [-0.15, -0.1) is 0 Å². The number of alkyl halides is 3. The van der Waals surface area contributed by atoms with Crippen molar-refractivity contribution in [3.05, 3.63) is 35.4 Å².